The van der Waals surface area contributed by atoms with Gasteiger partial charge in [0.05, 0.1) is 0 Å². The summed E-state index contributed by atoms with van der Waals surface area (Å²) in [5.41, 5.74) is 1.43. The molecule has 0 aliphatic carbocycles. The third-order valence-electron chi connectivity index (χ3n) is 2.54. The molecule has 0 aromatic rings. The largest absolute Gasteiger partial charge is 0.316 e. The molecular weight excluding hydrogens is 146 g/mol. The summed E-state index contributed by atoms with van der Waals surface area (Å²) in [7, 11) is 0. The fourth-order valence-electron chi connectivity index (χ4n) is 1.67. The van der Waals surface area contributed by atoms with Gasteiger partial charge in [0.15, 0.2) is 0 Å². The predicted molar refractivity (Wildman–Crippen MR) is 54.3 cm³/mol. The SMILES string of the molecule is C=C1CCCCCCCNCC1. The van der Waals surface area contributed by atoms with Crippen molar-refractivity contribution < 1.29 is 0 Å². The fraction of sp³-hybridized carbons (Fsp3) is 0.818. The third-order valence-corrected chi connectivity index (χ3v) is 2.54. The van der Waals surface area contributed by atoms with Crippen molar-refractivity contribution in [2.75, 3.05) is 13.1 Å². The van der Waals surface area contributed by atoms with E-state index >= 15 is 0 Å². The van der Waals surface area contributed by atoms with E-state index in [1.165, 1.54) is 57.1 Å². The molecule has 1 N–H and O–H groups in total. The zero-order chi connectivity index (χ0) is 8.65. The zero-order valence-electron chi connectivity index (χ0n) is 8.07. The molecule has 0 atom stereocenters. The maximum absolute atomic E-state index is 4.08. The fourth-order valence-corrected chi connectivity index (χ4v) is 1.67. The maximum atomic E-state index is 4.08. The van der Waals surface area contributed by atoms with Crippen LogP contribution in [-0.2, 0) is 0 Å². The molecule has 1 aliphatic rings. The Morgan fingerprint density at radius 1 is 0.833 bits per heavy atom. The van der Waals surface area contributed by atoms with Gasteiger partial charge < -0.3 is 5.32 Å². The summed E-state index contributed by atoms with van der Waals surface area (Å²) >= 11 is 0. The lowest BCUT2D eigenvalue weighted by molar-refractivity contribution is 0.593. The predicted octanol–water partition coefficient (Wildman–Crippen LogP) is 2.88. The number of nitrogens with one attached hydrogen (secondary N) is 1. The molecule has 1 aliphatic heterocycles. The Balaban J connectivity index is 2.17. The smallest absolute Gasteiger partial charge is 0.00117 e. The van der Waals surface area contributed by atoms with E-state index in [1.54, 1.807) is 0 Å². The van der Waals surface area contributed by atoms with Crippen LogP contribution < -0.4 is 5.32 Å². The molecule has 1 nitrogen and oxygen atoms in total. The van der Waals surface area contributed by atoms with E-state index in [2.05, 4.69) is 11.9 Å². The number of hydrogen-bond donors (Lipinski definition) is 1. The van der Waals surface area contributed by atoms with Crippen LogP contribution in [0, 0.1) is 0 Å². The minimum atomic E-state index is 1.14. The zero-order valence-corrected chi connectivity index (χ0v) is 8.07. The van der Waals surface area contributed by atoms with Gasteiger partial charge in [-0.1, -0.05) is 31.4 Å². The van der Waals surface area contributed by atoms with Gasteiger partial charge in [-0.15, -0.1) is 0 Å². The second-order valence-corrected chi connectivity index (χ2v) is 3.77. The normalized spacial score (nSPS) is 23.2. The summed E-state index contributed by atoms with van der Waals surface area (Å²) in [5, 5.41) is 3.45. The Hall–Kier alpha value is -0.300. The Kier molecular flexibility index (Phi) is 5.09. The van der Waals surface area contributed by atoms with Crippen molar-refractivity contribution in [2.45, 2.75) is 44.9 Å². The van der Waals surface area contributed by atoms with Crippen LogP contribution in [0.2, 0.25) is 0 Å². The number of rotatable bonds is 0. The van der Waals surface area contributed by atoms with Crippen molar-refractivity contribution in [3.8, 4) is 0 Å². The summed E-state index contributed by atoms with van der Waals surface area (Å²) in [4.78, 5) is 0. The second kappa shape index (κ2) is 6.24. The first kappa shape index (κ1) is 9.79. The van der Waals surface area contributed by atoms with Crippen molar-refractivity contribution in [3.05, 3.63) is 12.2 Å². The summed E-state index contributed by atoms with van der Waals surface area (Å²) in [5.74, 6) is 0. The molecule has 1 fully saturated rings. The van der Waals surface area contributed by atoms with Gasteiger partial charge in [0.2, 0.25) is 0 Å². The van der Waals surface area contributed by atoms with Gasteiger partial charge in [-0.25, -0.2) is 0 Å². The molecule has 12 heavy (non-hydrogen) atoms. The highest BCUT2D eigenvalue weighted by Gasteiger charge is 1.98. The van der Waals surface area contributed by atoms with Crippen LogP contribution in [0.15, 0.2) is 12.2 Å². The molecule has 0 amide bonds. The third kappa shape index (κ3) is 4.55. The van der Waals surface area contributed by atoms with Gasteiger partial charge in [0, 0.05) is 0 Å². The van der Waals surface area contributed by atoms with Crippen LogP contribution in [0.5, 0.6) is 0 Å². The standard InChI is InChI=1S/C11H21N/c1-11-7-5-3-2-4-6-9-12-10-8-11/h12H,1-10H2. The lowest BCUT2D eigenvalue weighted by Crippen LogP contribution is -2.16. The minimum Gasteiger partial charge on any atom is -0.316 e. The highest BCUT2D eigenvalue weighted by molar-refractivity contribution is 4.94. The van der Waals surface area contributed by atoms with Crippen molar-refractivity contribution in [1.29, 1.82) is 0 Å². The van der Waals surface area contributed by atoms with Crippen LogP contribution in [-0.4, -0.2) is 13.1 Å². The average Bonchev–Trinajstić information content (AvgIpc) is 2.11. The maximum Gasteiger partial charge on any atom is -0.00117 e. The molecule has 0 bridgehead atoms. The Morgan fingerprint density at radius 3 is 2.50 bits per heavy atom. The van der Waals surface area contributed by atoms with Crippen LogP contribution in [0.1, 0.15) is 44.9 Å². The Labute approximate surface area is 76.2 Å². The number of hydrogen-bond acceptors (Lipinski definition) is 1. The first-order valence-corrected chi connectivity index (χ1v) is 5.27. The van der Waals surface area contributed by atoms with Crippen LogP contribution in [0.25, 0.3) is 0 Å². The molecule has 0 unspecified atom stereocenters. The van der Waals surface area contributed by atoms with Crippen molar-refractivity contribution in [1.82, 2.24) is 5.32 Å². The molecule has 1 rings (SSSR count). The molecule has 0 saturated carbocycles. The molecule has 1 heterocycles. The molecule has 0 radical (unpaired) electrons. The van der Waals surface area contributed by atoms with Crippen molar-refractivity contribution >= 4 is 0 Å². The van der Waals surface area contributed by atoms with E-state index in [4.69, 9.17) is 0 Å². The highest BCUT2D eigenvalue weighted by atomic mass is 14.8. The first-order chi connectivity index (χ1) is 5.89. The Bertz CT molecular complexity index is 115. The van der Waals surface area contributed by atoms with Crippen LogP contribution in [0.4, 0.5) is 0 Å². The van der Waals surface area contributed by atoms with Gasteiger partial charge in [0.1, 0.15) is 0 Å². The summed E-state index contributed by atoms with van der Waals surface area (Å²) in [6.07, 6.45) is 9.36. The van der Waals surface area contributed by atoms with Gasteiger partial charge in [0.25, 0.3) is 0 Å². The van der Waals surface area contributed by atoms with Gasteiger partial charge >= 0.3 is 0 Å². The molecule has 0 aromatic heterocycles. The average molecular weight is 167 g/mol. The molecule has 1 heteroatoms. The first-order valence-electron chi connectivity index (χ1n) is 5.27. The highest BCUT2D eigenvalue weighted by Crippen LogP contribution is 2.12. The van der Waals surface area contributed by atoms with Crippen LogP contribution in [0.3, 0.4) is 0 Å². The van der Waals surface area contributed by atoms with Crippen LogP contribution >= 0.6 is 0 Å². The van der Waals surface area contributed by atoms with E-state index in [-0.39, 0.29) is 0 Å². The van der Waals surface area contributed by atoms with Crippen molar-refractivity contribution in [2.24, 2.45) is 0 Å². The van der Waals surface area contributed by atoms with Gasteiger partial charge in [-0.05, 0) is 38.8 Å². The topological polar surface area (TPSA) is 12.0 Å². The van der Waals surface area contributed by atoms with Crippen molar-refractivity contribution in [3.63, 3.8) is 0 Å². The van der Waals surface area contributed by atoms with E-state index in [1.807, 2.05) is 0 Å². The Morgan fingerprint density at radius 2 is 1.58 bits per heavy atom. The van der Waals surface area contributed by atoms with E-state index in [0.717, 1.165) is 6.54 Å². The molecule has 0 spiro atoms. The summed E-state index contributed by atoms with van der Waals surface area (Å²) in [6.45, 7) is 6.42. The molecule has 0 aromatic carbocycles. The lowest BCUT2D eigenvalue weighted by Gasteiger charge is -2.04. The van der Waals surface area contributed by atoms with Gasteiger partial charge in [-0.3, -0.25) is 0 Å². The lowest BCUT2D eigenvalue weighted by atomic mass is 10.1. The molecule has 1 saturated heterocycles. The van der Waals surface area contributed by atoms with E-state index in [0.29, 0.717) is 0 Å². The summed E-state index contributed by atoms with van der Waals surface area (Å²) in [6, 6.07) is 0. The summed E-state index contributed by atoms with van der Waals surface area (Å²) < 4.78 is 0. The molecular formula is C11H21N. The second-order valence-electron chi connectivity index (χ2n) is 3.77. The van der Waals surface area contributed by atoms with Gasteiger partial charge in [-0.2, -0.15) is 0 Å². The minimum absolute atomic E-state index is 1.14. The van der Waals surface area contributed by atoms with E-state index in [9.17, 15) is 0 Å². The van der Waals surface area contributed by atoms with E-state index < -0.39 is 0 Å². The quantitative estimate of drug-likeness (QED) is 0.547. The molecule has 70 valence electrons. The monoisotopic (exact) mass is 167 g/mol.